The molecule has 6 heteroatoms. The van der Waals surface area contributed by atoms with E-state index in [0.29, 0.717) is 17.3 Å². The number of hydrogen-bond donors (Lipinski definition) is 2. The minimum atomic E-state index is -0.170. The highest BCUT2D eigenvalue weighted by molar-refractivity contribution is 6.30. The largest absolute Gasteiger partial charge is 0.496 e. The Morgan fingerprint density at radius 1 is 1.16 bits per heavy atom. The predicted molar refractivity (Wildman–Crippen MR) is 98.5 cm³/mol. The first kappa shape index (κ1) is 19.1. The molecule has 0 aromatic heterocycles. The number of likely N-dealkylation sites (N-methyl/N-ethyl adjacent to an activating group) is 1. The summed E-state index contributed by atoms with van der Waals surface area (Å²) < 4.78 is 10.9. The summed E-state index contributed by atoms with van der Waals surface area (Å²) in [4.78, 5) is 13.3. The van der Waals surface area contributed by atoms with Crippen molar-refractivity contribution in [2.45, 2.75) is 6.04 Å². The van der Waals surface area contributed by atoms with Gasteiger partial charge < -0.3 is 19.7 Å². The Bertz CT molecular complexity index is 689. The third-order valence-corrected chi connectivity index (χ3v) is 4.15. The molecule has 25 heavy (non-hydrogen) atoms. The van der Waals surface area contributed by atoms with E-state index in [9.17, 15) is 4.79 Å². The van der Waals surface area contributed by atoms with Crippen molar-refractivity contribution in [2.24, 2.45) is 0 Å². The SMILES string of the molecule is COc1ccccc1[C@@H](CNC(=O)COc1ccc(Cl)cc1)[NH+](C)C. The van der Waals surface area contributed by atoms with Crippen LogP contribution in [0.5, 0.6) is 11.5 Å². The van der Waals surface area contributed by atoms with Gasteiger partial charge in [0.25, 0.3) is 5.91 Å². The summed E-state index contributed by atoms with van der Waals surface area (Å²) in [5.41, 5.74) is 1.06. The number of carbonyl (C=O) groups is 1. The second-order valence-electron chi connectivity index (χ2n) is 5.92. The molecule has 2 aromatic carbocycles. The van der Waals surface area contributed by atoms with Crippen LogP contribution in [0.15, 0.2) is 48.5 Å². The van der Waals surface area contributed by atoms with Crippen LogP contribution in [0.25, 0.3) is 0 Å². The topological polar surface area (TPSA) is 52.0 Å². The molecule has 0 radical (unpaired) electrons. The molecular formula is C19H24ClN2O3+. The smallest absolute Gasteiger partial charge is 0.258 e. The van der Waals surface area contributed by atoms with Crippen molar-refractivity contribution in [3.63, 3.8) is 0 Å². The lowest BCUT2D eigenvalue weighted by Crippen LogP contribution is -3.07. The molecule has 0 saturated heterocycles. The van der Waals surface area contributed by atoms with E-state index in [0.717, 1.165) is 11.3 Å². The first-order valence-corrected chi connectivity index (χ1v) is 8.47. The monoisotopic (exact) mass is 363 g/mol. The molecule has 2 rings (SSSR count). The zero-order valence-electron chi connectivity index (χ0n) is 14.7. The molecule has 5 nitrogen and oxygen atoms in total. The highest BCUT2D eigenvalue weighted by Crippen LogP contribution is 2.22. The number of nitrogens with one attached hydrogen (secondary N) is 2. The second kappa shape index (κ2) is 9.30. The number of carbonyl (C=O) groups excluding carboxylic acids is 1. The minimum absolute atomic E-state index is 0.0387. The fourth-order valence-corrected chi connectivity index (χ4v) is 2.65. The first-order chi connectivity index (χ1) is 12.0. The second-order valence-corrected chi connectivity index (χ2v) is 6.35. The van der Waals surface area contributed by atoms with E-state index in [2.05, 4.69) is 5.32 Å². The zero-order valence-corrected chi connectivity index (χ0v) is 15.5. The fraction of sp³-hybridized carbons (Fsp3) is 0.316. The van der Waals surface area contributed by atoms with Crippen molar-refractivity contribution in [1.29, 1.82) is 0 Å². The molecule has 2 N–H and O–H groups in total. The maximum Gasteiger partial charge on any atom is 0.258 e. The quantitative estimate of drug-likeness (QED) is 0.751. The molecule has 0 aliphatic rings. The van der Waals surface area contributed by atoms with Crippen LogP contribution < -0.4 is 19.7 Å². The lowest BCUT2D eigenvalue weighted by Gasteiger charge is -2.23. The average molecular weight is 364 g/mol. The van der Waals surface area contributed by atoms with E-state index < -0.39 is 0 Å². The lowest BCUT2D eigenvalue weighted by atomic mass is 10.0. The van der Waals surface area contributed by atoms with E-state index in [1.54, 1.807) is 31.4 Å². The van der Waals surface area contributed by atoms with Crippen LogP contribution in [0.2, 0.25) is 5.02 Å². The van der Waals surface area contributed by atoms with Gasteiger partial charge in [-0.25, -0.2) is 0 Å². The Morgan fingerprint density at radius 2 is 1.84 bits per heavy atom. The van der Waals surface area contributed by atoms with Crippen LogP contribution in [0, 0.1) is 0 Å². The van der Waals surface area contributed by atoms with Crippen molar-refractivity contribution < 1.29 is 19.2 Å². The van der Waals surface area contributed by atoms with Gasteiger partial charge in [-0.15, -0.1) is 0 Å². The third-order valence-electron chi connectivity index (χ3n) is 3.90. The van der Waals surface area contributed by atoms with E-state index in [1.807, 2.05) is 38.4 Å². The van der Waals surface area contributed by atoms with E-state index >= 15 is 0 Å². The summed E-state index contributed by atoms with van der Waals surface area (Å²) >= 11 is 5.82. The van der Waals surface area contributed by atoms with Crippen molar-refractivity contribution in [3.8, 4) is 11.5 Å². The van der Waals surface area contributed by atoms with Gasteiger partial charge in [-0.3, -0.25) is 4.79 Å². The highest BCUT2D eigenvalue weighted by atomic mass is 35.5. The van der Waals surface area contributed by atoms with Crippen LogP contribution in [0.1, 0.15) is 11.6 Å². The van der Waals surface area contributed by atoms with Crippen LogP contribution in [-0.2, 0) is 4.79 Å². The number of hydrogen-bond acceptors (Lipinski definition) is 3. The first-order valence-electron chi connectivity index (χ1n) is 8.09. The molecule has 0 fully saturated rings. The van der Waals surface area contributed by atoms with Gasteiger partial charge in [0, 0.05) is 5.02 Å². The third kappa shape index (κ3) is 5.66. The molecular weight excluding hydrogens is 340 g/mol. The number of ether oxygens (including phenoxy) is 2. The fourth-order valence-electron chi connectivity index (χ4n) is 2.53. The lowest BCUT2D eigenvalue weighted by molar-refractivity contribution is -0.890. The molecule has 0 unspecified atom stereocenters. The minimum Gasteiger partial charge on any atom is -0.496 e. The maximum atomic E-state index is 12.1. The molecule has 0 heterocycles. The van der Waals surface area contributed by atoms with Crippen molar-refractivity contribution in [2.75, 3.05) is 34.4 Å². The van der Waals surface area contributed by atoms with Crippen LogP contribution in [0.3, 0.4) is 0 Å². The number of rotatable bonds is 8. The van der Waals surface area contributed by atoms with Gasteiger partial charge in [-0.05, 0) is 36.4 Å². The highest BCUT2D eigenvalue weighted by Gasteiger charge is 2.22. The number of amides is 1. The Hall–Kier alpha value is -2.24. The molecule has 0 aliphatic carbocycles. The Kier molecular flexibility index (Phi) is 7.10. The number of benzene rings is 2. The number of para-hydroxylation sites is 1. The van der Waals surface area contributed by atoms with Crippen molar-refractivity contribution in [1.82, 2.24) is 5.32 Å². The van der Waals surface area contributed by atoms with Gasteiger partial charge >= 0.3 is 0 Å². The summed E-state index contributed by atoms with van der Waals surface area (Å²) in [6.45, 7) is 0.453. The molecule has 0 saturated carbocycles. The Balaban J connectivity index is 1.92. The Morgan fingerprint density at radius 3 is 2.48 bits per heavy atom. The van der Waals surface area contributed by atoms with E-state index in [-0.39, 0.29) is 18.6 Å². The summed E-state index contributed by atoms with van der Waals surface area (Å²) in [5, 5.41) is 3.56. The number of methoxy groups -OCH3 is 1. The van der Waals surface area contributed by atoms with Crippen LogP contribution in [0.4, 0.5) is 0 Å². The summed E-state index contributed by atoms with van der Waals surface area (Å²) in [6, 6.07) is 14.8. The van der Waals surface area contributed by atoms with Gasteiger partial charge in [0.05, 0.1) is 33.3 Å². The normalized spacial score (nSPS) is 11.9. The zero-order chi connectivity index (χ0) is 18.2. The van der Waals surface area contributed by atoms with Crippen LogP contribution >= 0.6 is 11.6 Å². The molecule has 0 aliphatic heterocycles. The molecule has 1 amide bonds. The average Bonchev–Trinajstić information content (AvgIpc) is 2.61. The van der Waals surface area contributed by atoms with Crippen molar-refractivity contribution >= 4 is 17.5 Å². The Labute approximate surface area is 153 Å². The van der Waals surface area contributed by atoms with Gasteiger partial charge in [0.2, 0.25) is 0 Å². The summed E-state index contributed by atoms with van der Waals surface area (Å²) in [7, 11) is 5.75. The van der Waals surface area contributed by atoms with Gasteiger partial charge in [-0.1, -0.05) is 23.7 Å². The molecule has 1 atom stereocenters. The van der Waals surface area contributed by atoms with E-state index in [4.69, 9.17) is 21.1 Å². The van der Waals surface area contributed by atoms with E-state index in [1.165, 1.54) is 4.90 Å². The predicted octanol–water partition coefficient (Wildman–Crippen LogP) is 1.73. The summed E-state index contributed by atoms with van der Waals surface area (Å²) in [5.74, 6) is 1.26. The summed E-state index contributed by atoms with van der Waals surface area (Å²) in [6.07, 6.45) is 0. The number of quaternary nitrogens is 1. The maximum absolute atomic E-state index is 12.1. The molecule has 0 bridgehead atoms. The standard InChI is InChI=1S/C19H23ClN2O3/c1-22(2)17(16-6-4-5-7-18(16)24-3)12-21-19(23)13-25-15-10-8-14(20)9-11-15/h4-11,17H,12-13H2,1-3H3,(H,21,23)/p+1/t17-/m1/s1. The molecule has 2 aromatic rings. The molecule has 134 valence electrons. The van der Waals surface area contributed by atoms with Gasteiger partial charge in [0.1, 0.15) is 17.5 Å². The van der Waals surface area contributed by atoms with Crippen molar-refractivity contribution in [3.05, 3.63) is 59.1 Å². The van der Waals surface area contributed by atoms with Gasteiger partial charge in [-0.2, -0.15) is 0 Å². The van der Waals surface area contributed by atoms with Gasteiger partial charge in [0.15, 0.2) is 6.61 Å². The number of halogens is 1. The van der Waals surface area contributed by atoms with Crippen LogP contribution in [-0.4, -0.2) is 40.3 Å². The molecule has 0 spiro atoms.